The molecule has 0 amide bonds. The number of nitrogens with one attached hydrogen (secondary N) is 1. The maximum atomic E-state index is 13.1. The van der Waals surface area contributed by atoms with E-state index in [-0.39, 0.29) is 5.82 Å². The van der Waals surface area contributed by atoms with Gasteiger partial charge in [0.25, 0.3) is 0 Å². The first-order chi connectivity index (χ1) is 13.1. The molecule has 27 heavy (non-hydrogen) atoms. The molecule has 0 bridgehead atoms. The van der Waals surface area contributed by atoms with Gasteiger partial charge >= 0.3 is 0 Å². The fourth-order valence-corrected chi connectivity index (χ4v) is 3.83. The molecule has 0 radical (unpaired) electrons. The third kappa shape index (κ3) is 3.84. The number of aromatic nitrogens is 1. The zero-order valence-corrected chi connectivity index (χ0v) is 15.8. The number of benzene rings is 2. The van der Waals surface area contributed by atoms with Crippen LogP contribution < -0.4 is 15.0 Å². The molecule has 1 saturated heterocycles. The predicted octanol–water partition coefficient (Wildman–Crippen LogP) is 4.06. The Bertz CT molecular complexity index is 948. The lowest BCUT2D eigenvalue weighted by Crippen LogP contribution is -2.51. The summed E-state index contributed by atoms with van der Waals surface area (Å²) in [7, 11) is 1.64. The average molecular weight is 386 g/mol. The van der Waals surface area contributed by atoms with E-state index in [1.54, 1.807) is 7.11 Å². The van der Waals surface area contributed by atoms with E-state index in [4.69, 9.17) is 16.3 Å². The number of rotatable bonds is 4. The van der Waals surface area contributed by atoms with Gasteiger partial charge in [-0.2, -0.15) is 0 Å². The summed E-state index contributed by atoms with van der Waals surface area (Å²) < 4.78 is 18.6. The molecule has 2 aromatic carbocycles. The first-order valence-electron chi connectivity index (χ1n) is 9.00. The number of ether oxygens (including phenoxy) is 1. The smallest absolute Gasteiger partial charge is 0.145 e. The summed E-state index contributed by atoms with van der Waals surface area (Å²) in [4.78, 5) is 6.82. The van der Waals surface area contributed by atoms with Crippen LogP contribution in [0.5, 0.6) is 5.75 Å². The molecule has 0 aliphatic carbocycles. The van der Waals surface area contributed by atoms with E-state index < -0.39 is 0 Å². The number of halogens is 2. The summed E-state index contributed by atoms with van der Waals surface area (Å²) in [5.41, 5.74) is 3.03. The molecule has 1 N–H and O–H groups in total. The number of pyridine rings is 1. The van der Waals surface area contributed by atoms with Gasteiger partial charge in [-0.1, -0.05) is 23.7 Å². The average Bonchev–Trinajstić information content (AvgIpc) is 2.69. The fraction of sp³-hybridized carbons (Fsp3) is 0.286. The van der Waals surface area contributed by atoms with Crippen LogP contribution in [-0.2, 0) is 6.42 Å². The highest BCUT2D eigenvalue weighted by atomic mass is 35.5. The van der Waals surface area contributed by atoms with E-state index >= 15 is 0 Å². The number of piperazine rings is 1. The Morgan fingerprint density at radius 2 is 2.00 bits per heavy atom. The second-order valence-electron chi connectivity index (χ2n) is 6.74. The monoisotopic (exact) mass is 385 g/mol. The van der Waals surface area contributed by atoms with Crippen LogP contribution in [0.1, 0.15) is 5.56 Å². The molecule has 1 fully saturated rings. The molecule has 0 spiro atoms. The summed E-state index contributed by atoms with van der Waals surface area (Å²) in [5, 5.41) is 5.05. The van der Waals surface area contributed by atoms with Crippen LogP contribution in [0.15, 0.2) is 48.5 Å². The second kappa shape index (κ2) is 7.71. The Morgan fingerprint density at radius 1 is 1.19 bits per heavy atom. The first-order valence-corrected chi connectivity index (χ1v) is 9.38. The Balaban J connectivity index is 1.60. The van der Waals surface area contributed by atoms with Gasteiger partial charge in [0.1, 0.15) is 22.2 Å². The van der Waals surface area contributed by atoms with Gasteiger partial charge in [0.2, 0.25) is 0 Å². The number of fused-ring (bicyclic) bond motifs is 1. The third-order valence-corrected chi connectivity index (χ3v) is 5.19. The van der Waals surface area contributed by atoms with Gasteiger partial charge in [0.15, 0.2) is 0 Å². The Kier molecular flexibility index (Phi) is 5.14. The molecule has 6 heteroatoms. The van der Waals surface area contributed by atoms with Gasteiger partial charge in [-0.05, 0) is 48.4 Å². The quantitative estimate of drug-likeness (QED) is 0.687. The normalized spacial score (nSPS) is 17.3. The van der Waals surface area contributed by atoms with Crippen LogP contribution in [0.25, 0.3) is 10.9 Å². The molecular formula is C21H21ClFN3O. The van der Waals surface area contributed by atoms with Crippen LogP contribution in [-0.4, -0.2) is 37.8 Å². The van der Waals surface area contributed by atoms with E-state index in [2.05, 4.69) is 21.3 Å². The van der Waals surface area contributed by atoms with Crippen molar-refractivity contribution in [3.63, 3.8) is 0 Å². The standard InChI is InChI=1S/C21H21ClFN3O/c1-27-19-8-7-18(17-6-9-20(22)25-21(17)19)26-11-10-24-16(13-26)12-14-2-4-15(23)5-3-14/h2-9,16,24H,10-13H2,1H3. The molecular weight excluding hydrogens is 365 g/mol. The Morgan fingerprint density at radius 3 is 2.78 bits per heavy atom. The molecule has 4 rings (SSSR count). The molecule has 1 aliphatic rings. The van der Waals surface area contributed by atoms with Crippen molar-refractivity contribution in [2.75, 3.05) is 31.6 Å². The van der Waals surface area contributed by atoms with Crippen LogP contribution in [0.2, 0.25) is 5.15 Å². The number of hydrogen-bond donors (Lipinski definition) is 1. The SMILES string of the molecule is COc1ccc(N2CCNC(Cc3ccc(F)cc3)C2)c2ccc(Cl)nc12. The van der Waals surface area contributed by atoms with Crippen molar-refractivity contribution in [3.8, 4) is 5.75 Å². The number of methoxy groups -OCH3 is 1. The summed E-state index contributed by atoms with van der Waals surface area (Å²) >= 11 is 6.09. The van der Waals surface area contributed by atoms with E-state index in [9.17, 15) is 4.39 Å². The largest absolute Gasteiger partial charge is 0.494 e. The summed E-state index contributed by atoms with van der Waals surface area (Å²) in [6, 6.07) is 14.9. The fourth-order valence-electron chi connectivity index (χ4n) is 3.68. The highest BCUT2D eigenvalue weighted by Crippen LogP contribution is 2.34. The van der Waals surface area contributed by atoms with E-state index in [0.717, 1.165) is 48.2 Å². The van der Waals surface area contributed by atoms with E-state index in [0.29, 0.717) is 16.9 Å². The molecule has 140 valence electrons. The lowest BCUT2D eigenvalue weighted by Gasteiger charge is -2.36. The van der Waals surface area contributed by atoms with Crippen molar-refractivity contribution in [1.29, 1.82) is 0 Å². The van der Waals surface area contributed by atoms with Crippen molar-refractivity contribution < 1.29 is 9.13 Å². The first kappa shape index (κ1) is 18.0. The summed E-state index contributed by atoms with van der Waals surface area (Å²) in [6.45, 7) is 2.66. The highest BCUT2D eigenvalue weighted by molar-refractivity contribution is 6.30. The number of anilines is 1. The Hall–Kier alpha value is -2.37. The molecule has 1 aliphatic heterocycles. The van der Waals surface area contributed by atoms with Crippen molar-refractivity contribution in [1.82, 2.24) is 10.3 Å². The maximum absolute atomic E-state index is 13.1. The molecule has 2 heterocycles. The highest BCUT2D eigenvalue weighted by Gasteiger charge is 2.22. The van der Waals surface area contributed by atoms with Gasteiger partial charge < -0.3 is 15.0 Å². The van der Waals surface area contributed by atoms with Gasteiger partial charge in [-0.3, -0.25) is 0 Å². The van der Waals surface area contributed by atoms with Crippen LogP contribution in [0.3, 0.4) is 0 Å². The van der Waals surface area contributed by atoms with Crippen LogP contribution in [0.4, 0.5) is 10.1 Å². The van der Waals surface area contributed by atoms with Crippen molar-refractivity contribution in [3.05, 3.63) is 65.1 Å². The molecule has 1 atom stereocenters. The van der Waals surface area contributed by atoms with Gasteiger partial charge in [0, 0.05) is 36.7 Å². The van der Waals surface area contributed by atoms with Crippen molar-refractivity contribution in [2.24, 2.45) is 0 Å². The van der Waals surface area contributed by atoms with E-state index in [1.165, 1.54) is 12.1 Å². The minimum absolute atomic E-state index is 0.201. The zero-order valence-electron chi connectivity index (χ0n) is 15.1. The van der Waals surface area contributed by atoms with Crippen LogP contribution >= 0.6 is 11.6 Å². The molecule has 0 saturated carbocycles. The lowest BCUT2D eigenvalue weighted by atomic mass is 10.0. The molecule has 4 nitrogen and oxygen atoms in total. The van der Waals surface area contributed by atoms with Gasteiger partial charge in [0.05, 0.1) is 7.11 Å². The maximum Gasteiger partial charge on any atom is 0.145 e. The minimum atomic E-state index is -0.201. The zero-order chi connectivity index (χ0) is 18.8. The third-order valence-electron chi connectivity index (χ3n) is 4.97. The topological polar surface area (TPSA) is 37.4 Å². The summed E-state index contributed by atoms with van der Waals surface area (Å²) in [5.74, 6) is 0.516. The molecule has 3 aromatic rings. The van der Waals surface area contributed by atoms with Crippen molar-refractivity contribution in [2.45, 2.75) is 12.5 Å². The minimum Gasteiger partial charge on any atom is -0.494 e. The number of hydrogen-bond acceptors (Lipinski definition) is 4. The van der Waals surface area contributed by atoms with Crippen LogP contribution in [0, 0.1) is 5.82 Å². The van der Waals surface area contributed by atoms with Gasteiger partial charge in [-0.15, -0.1) is 0 Å². The molecule has 1 aromatic heterocycles. The summed E-state index contributed by atoms with van der Waals surface area (Å²) in [6.07, 6.45) is 0.856. The second-order valence-corrected chi connectivity index (χ2v) is 7.13. The predicted molar refractivity (Wildman–Crippen MR) is 107 cm³/mol. The lowest BCUT2D eigenvalue weighted by molar-refractivity contribution is 0.418. The van der Waals surface area contributed by atoms with Crippen molar-refractivity contribution >= 4 is 28.2 Å². The van der Waals surface area contributed by atoms with E-state index in [1.807, 2.05) is 30.3 Å². The molecule has 1 unspecified atom stereocenters. The number of nitrogens with zero attached hydrogens (tertiary/aromatic N) is 2. The van der Waals surface area contributed by atoms with Gasteiger partial charge in [-0.25, -0.2) is 9.37 Å². The Labute approximate surface area is 162 Å².